The number of hydrogen-bond acceptors (Lipinski definition) is 2. The Morgan fingerprint density at radius 1 is 0.864 bits per heavy atom. The van der Waals surface area contributed by atoms with Gasteiger partial charge in [0.15, 0.2) is 0 Å². The fourth-order valence-electron chi connectivity index (χ4n) is 1.81. The lowest BCUT2D eigenvalue weighted by molar-refractivity contribution is 0.332. The summed E-state index contributed by atoms with van der Waals surface area (Å²) in [7, 11) is 0. The molecule has 1 atom stereocenters. The monoisotopic (exact) mass is 317 g/mol. The van der Waals surface area contributed by atoms with E-state index in [0.717, 1.165) is 5.56 Å². The van der Waals surface area contributed by atoms with Crippen LogP contribution in [0.15, 0.2) is 24.3 Å². The number of nitrogens with two attached hydrogens (primary N) is 1. The first kappa shape index (κ1) is 16.2. The summed E-state index contributed by atoms with van der Waals surface area (Å²) in [5.41, 5.74) is 6.56. The van der Waals surface area contributed by atoms with Crippen LogP contribution in [0.25, 0.3) is 0 Å². The van der Waals surface area contributed by atoms with Crippen LogP contribution in [0.3, 0.4) is 0 Å². The normalized spacial score (nSPS) is 12.3. The van der Waals surface area contributed by atoms with Crippen LogP contribution in [0, 0.1) is 29.1 Å². The smallest absolute Gasteiger partial charge is 0.207 e. The molecule has 2 nitrogen and oxygen atoms in total. The van der Waals surface area contributed by atoms with Crippen LogP contribution < -0.4 is 10.5 Å². The van der Waals surface area contributed by atoms with E-state index in [1.165, 1.54) is 12.1 Å². The fourth-order valence-corrected chi connectivity index (χ4v) is 1.81. The number of rotatable bonds is 4. The van der Waals surface area contributed by atoms with E-state index in [-0.39, 0.29) is 11.8 Å². The summed E-state index contributed by atoms with van der Waals surface area (Å²) in [6.45, 7) is 1.88. The van der Waals surface area contributed by atoms with Gasteiger partial charge in [0, 0.05) is 6.04 Å². The molecule has 0 amide bonds. The second-order valence-corrected chi connectivity index (χ2v) is 4.58. The Morgan fingerprint density at radius 3 is 1.77 bits per heavy atom. The molecule has 0 bridgehead atoms. The van der Waals surface area contributed by atoms with Crippen molar-refractivity contribution in [2.45, 2.75) is 19.4 Å². The predicted molar refractivity (Wildman–Crippen MR) is 70.0 cm³/mol. The molecule has 0 aliphatic heterocycles. The van der Waals surface area contributed by atoms with Crippen molar-refractivity contribution >= 4 is 0 Å². The third-order valence-electron chi connectivity index (χ3n) is 3.14. The number of hydrogen-bond donors (Lipinski definition) is 1. The lowest BCUT2D eigenvalue weighted by atomic mass is 10.1. The Bertz CT molecular complexity index is 658. The molecule has 2 aromatic rings. The Morgan fingerprint density at radius 2 is 1.32 bits per heavy atom. The topological polar surface area (TPSA) is 35.2 Å². The summed E-state index contributed by atoms with van der Waals surface area (Å²) < 4.78 is 70.8. The molecule has 0 saturated heterocycles. The molecule has 0 spiro atoms. The van der Waals surface area contributed by atoms with Crippen LogP contribution >= 0.6 is 0 Å². The summed E-state index contributed by atoms with van der Waals surface area (Å²) in [6.07, 6.45) is 0.678. The molecule has 0 aromatic heterocycles. The molecule has 0 aliphatic rings. The molecule has 0 heterocycles. The fraction of sp³-hybridized carbons (Fsp3) is 0.200. The van der Waals surface area contributed by atoms with Crippen molar-refractivity contribution < 1.29 is 26.7 Å². The Labute approximate surface area is 123 Å². The van der Waals surface area contributed by atoms with Gasteiger partial charge in [0.1, 0.15) is 5.75 Å². The summed E-state index contributed by atoms with van der Waals surface area (Å²) in [6, 6.07) is 5.56. The van der Waals surface area contributed by atoms with Crippen molar-refractivity contribution in [1.82, 2.24) is 0 Å². The lowest BCUT2D eigenvalue weighted by Gasteiger charge is -2.12. The second kappa shape index (κ2) is 6.31. The first-order valence-corrected chi connectivity index (χ1v) is 6.41. The van der Waals surface area contributed by atoms with Gasteiger partial charge in [-0.25, -0.2) is 13.2 Å². The van der Waals surface area contributed by atoms with Gasteiger partial charge in [0.25, 0.3) is 0 Å². The number of halogens is 5. The van der Waals surface area contributed by atoms with Gasteiger partial charge >= 0.3 is 0 Å². The van der Waals surface area contributed by atoms with E-state index in [9.17, 15) is 22.0 Å². The zero-order valence-electron chi connectivity index (χ0n) is 11.5. The molecule has 2 rings (SSSR count). The van der Waals surface area contributed by atoms with Crippen molar-refractivity contribution in [2.24, 2.45) is 5.73 Å². The maximum absolute atomic E-state index is 13.5. The maximum atomic E-state index is 13.5. The van der Waals surface area contributed by atoms with Gasteiger partial charge in [-0.15, -0.1) is 0 Å². The van der Waals surface area contributed by atoms with Crippen LogP contribution in [0.1, 0.15) is 24.9 Å². The molecule has 0 saturated carbocycles. The van der Waals surface area contributed by atoms with Crippen molar-refractivity contribution in [2.75, 3.05) is 0 Å². The highest BCUT2D eigenvalue weighted by Gasteiger charge is 2.27. The van der Waals surface area contributed by atoms with Crippen LogP contribution in [-0.2, 0) is 0 Å². The van der Waals surface area contributed by atoms with E-state index in [2.05, 4.69) is 0 Å². The quantitative estimate of drug-likeness (QED) is 0.509. The number of ether oxygens (including phenoxy) is 1. The van der Waals surface area contributed by atoms with Crippen molar-refractivity contribution in [3.63, 3.8) is 0 Å². The Kier molecular flexibility index (Phi) is 4.65. The zero-order valence-corrected chi connectivity index (χ0v) is 11.5. The summed E-state index contributed by atoms with van der Waals surface area (Å²) >= 11 is 0. The molecule has 22 heavy (non-hydrogen) atoms. The molecule has 2 N–H and O–H groups in total. The van der Waals surface area contributed by atoms with Crippen molar-refractivity contribution in [3.8, 4) is 11.5 Å². The predicted octanol–water partition coefficient (Wildman–Crippen LogP) is 4.58. The van der Waals surface area contributed by atoms with Gasteiger partial charge in [-0.05, 0) is 24.1 Å². The molecule has 7 heteroatoms. The summed E-state index contributed by atoms with van der Waals surface area (Å²) in [4.78, 5) is 0. The largest absolute Gasteiger partial charge is 0.451 e. The van der Waals surface area contributed by atoms with E-state index in [0.29, 0.717) is 6.42 Å². The van der Waals surface area contributed by atoms with E-state index < -0.39 is 34.8 Å². The van der Waals surface area contributed by atoms with Gasteiger partial charge in [-0.1, -0.05) is 19.1 Å². The van der Waals surface area contributed by atoms with Crippen molar-refractivity contribution in [3.05, 3.63) is 58.9 Å². The van der Waals surface area contributed by atoms with E-state index >= 15 is 0 Å². The Hall–Kier alpha value is -2.15. The summed E-state index contributed by atoms with van der Waals surface area (Å²) in [5, 5.41) is 0. The van der Waals surface area contributed by atoms with Gasteiger partial charge < -0.3 is 10.5 Å². The van der Waals surface area contributed by atoms with Gasteiger partial charge in [0.2, 0.25) is 34.8 Å². The highest BCUT2D eigenvalue weighted by atomic mass is 19.2. The van der Waals surface area contributed by atoms with E-state index in [1.807, 2.05) is 6.92 Å². The van der Waals surface area contributed by atoms with Gasteiger partial charge in [-0.3, -0.25) is 0 Å². The molecule has 1 unspecified atom stereocenters. The molecular weight excluding hydrogens is 305 g/mol. The minimum Gasteiger partial charge on any atom is -0.451 e. The average molecular weight is 317 g/mol. The first-order valence-electron chi connectivity index (χ1n) is 6.41. The molecule has 0 radical (unpaired) electrons. The number of benzene rings is 2. The highest BCUT2D eigenvalue weighted by molar-refractivity contribution is 5.36. The zero-order chi connectivity index (χ0) is 16.4. The Balaban J connectivity index is 2.35. The summed E-state index contributed by atoms with van der Waals surface area (Å²) in [5.74, 6) is -11.8. The van der Waals surface area contributed by atoms with Gasteiger partial charge in [-0.2, -0.15) is 8.78 Å². The molecule has 118 valence electrons. The van der Waals surface area contributed by atoms with E-state index in [4.69, 9.17) is 10.5 Å². The molecule has 0 aliphatic carbocycles. The van der Waals surface area contributed by atoms with Gasteiger partial charge in [0.05, 0.1) is 0 Å². The molecular formula is C15H12F5NO. The third-order valence-corrected chi connectivity index (χ3v) is 3.14. The molecule has 0 fully saturated rings. The van der Waals surface area contributed by atoms with Crippen LogP contribution in [0.4, 0.5) is 22.0 Å². The highest BCUT2D eigenvalue weighted by Crippen LogP contribution is 2.33. The minimum atomic E-state index is -2.23. The average Bonchev–Trinajstić information content (AvgIpc) is 2.55. The second-order valence-electron chi connectivity index (χ2n) is 4.58. The minimum absolute atomic E-state index is 0.0738. The van der Waals surface area contributed by atoms with E-state index in [1.54, 1.807) is 12.1 Å². The van der Waals surface area contributed by atoms with Crippen LogP contribution in [0.5, 0.6) is 11.5 Å². The van der Waals surface area contributed by atoms with Crippen LogP contribution in [-0.4, -0.2) is 0 Å². The molecule has 2 aromatic carbocycles. The third kappa shape index (κ3) is 2.89. The first-order chi connectivity index (χ1) is 10.4. The maximum Gasteiger partial charge on any atom is 0.207 e. The standard InChI is InChI=1S/C15H12F5NO/c1-2-9(21)7-3-5-8(6-4-7)22-15-13(19)11(17)10(16)12(18)14(15)20/h3-6,9H,2,21H2,1H3. The van der Waals surface area contributed by atoms with Crippen molar-refractivity contribution in [1.29, 1.82) is 0 Å². The lowest BCUT2D eigenvalue weighted by Crippen LogP contribution is -2.08. The SMILES string of the molecule is CCC(N)c1ccc(Oc2c(F)c(F)c(F)c(F)c2F)cc1. The van der Waals surface area contributed by atoms with Crippen LogP contribution in [0.2, 0.25) is 0 Å².